The Morgan fingerprint density at radius 1 is 0.833 bits per heavy atom. The predicted molar refractivity (Wildman–Crippen MR) is 100 cm³/mol. The molecule has 3 heteroatoms. The van der Waals surface area contributed by atoms with Crippen LogP contribution >= 0.6 is 0 Å². The Labute approximate surface area is 143 Å². The number of hydrogen-bond donors (Lipinski definition) is 0. The standard InChI is InChI=1S/C21H23N3/c1-17-6-10-20(11-7-17)24-14-12-23(13-15-24)16-19-9-8-18-4-2-3-5-21(18)22-19/h2-11H,12-16H2,1H3. The zero-order chi connectivity index (χ0) is 16.4. The third-order valence-electron chi connectivity index (χ3n) is 4.81. The molecule has 3 nitrogen and oxygen atoms in total. The maximum absolute atomic E-state index is 4.80. The fourth-order valence-corrected chi connectivity index (χ4v) is 3.35. The molecule has 2 aromatic carbocycles. The molecule has 0 N–H and O–H groups in total. The van der Waals surface area contributed by atoms with Crippen LogP contribution in [0.2, 0.25) is 0 Å². The molecule has 0 spiro atoms. The number of anilines is 1. The molecular formula is C21H23N3. The van der Waals surface area contributed by atoms with E-state index in [0.717, 1.165) is 43.9 Å². The van der Waals surface area contributed by atoms with Crippen LogP contribution in [0, 0.1) is 6.92 Å². The molecule has 1 fully saturated rings. The molecule has 0 radical (unpaired) electrons. The number of hydrogen-bond acceptors (Lipinski definition) is 3. The molecule has 1 aliphatic rings. The van der Waals surface area contributed by atoms with Crippen LogP contribution in [0.1, 0.15) is 11.3 Å². The summed E-state index contributed by atoms with van der Waals surface area (Å²) in [5, 5.41) is 1.21. The van der Waals surface area contributed by atoms with Gasteiger partial charge in [-0.2, -0.15) is 0 Å². The van der Waals surface area contributed by atoms with Gasteiger partial charge in [-0.05, 0) is 31.2 Å². The van der Waals surface area contributed by atoms with Gasteiger partial charge in [-0.25, -0.2) is 0 Å². The Balaban J connectivity index is 1.39. The molecule has 0 atom stereocenters. The maximum Gasteiger partial charge on any atom is 0.0705 e. The highest BCUT2D eigenvalue weighted by Gasteiger charge is 2.17. The number of piperazine rings is 1. The van der Waals surface area contributed by atoms with Gasteiger partial charge in [-0.15, -0.1) is 0 Å². The minimum absolute atomic E-state index is 0.937. The Morgan fingerprint density at radius 3 is 2.38 bits per heavy atom. The van der Waals surface area contributed by atoms with Gasteiger partial charge in [0, 0.05) is 43.8 Å². The number of aryl methyl sites for hydroxylation is 1. The van der Waals surface area contributed by atoms with Gasteiger partial charge in [-0.3, -0.25) is 9.88 Å². The van der Waals surface area contributed by atoms with Crippen molar-refractivity contribution in [1.82, 2.24) is 9.88 Å². The molecule has 1 saturated heterocycles. The summed E-state index contributed by atoms with van der Waals surface area (Å²) in [5.41, 5.74) is 4.91. The van der Waals surface area contributed by atoms with Crippen molar-refractivity contribution >= 4 is 16.6 Å². The van der Waals surface area contributed by atoms with Gasteiger partial charge >= 0.3 is 0 Å². The summed E-state index contributed by atoms with van der Waals surface area (Å²) in [7, 11) is 0. The first-order chi connectivity index (χ1) is 11.8. The lowest BCUT2D eigenvalue weighted by atomic mass is 10.2. The fourth-order valence-electron chi connectivity index (χ4n) is 3.35. The summed E-state index contributed by atoms with van der Waals surface area (Å²) in [6.07, 6.45) is 0. The van der Waals surface area contributed by atoms with E-state index in [4.69, 9.17) is 4.98 Å². The van der Waals surface area contributed by atoms with Crippen molar-refractivity contribution in [2.75, 3.05) is 31.1 Å². The second-order valence-electron chi connectivity index (χ2n) is 6.59. The number of fused-ring (bicyclic) bond motifs is 1. The largest absolute Gasteiger partial charge is 0.369 e. The quantitative estimate of drug-likeness (QED) is 0.731. The third kappa shape index (κ3) is 3.26. The Hall–Kier alpha value is -2.39. The van der Waals surface area contributed by atoms with Crippen LogP contribution in [0.5, 0.6) is 0 Å². The lowest BCUT2D eigenvalue weighted by Gasteiger charge is -2.36. The molecule has 24 heavy (non-hydrogen) atoms. The van der Waals surface area contributed by atoms with Crippen molar-refractivity contribution in [3.8, 4) is 0 Å². The Bertz CT molecular complexity index is 818. The molecule has 0 saturated carbocycles. The normalized spacial score (nSPS) is 15.8. The van der Waals surface area contributed by atoms with Crippen LogP contribution in [0.3, 0.4) is 0 Å². The summed E-state index contributed by atoms with van der Waals surface area (Å²) >= 11 is 0. The van der Waals surface area contributed by atoms with Gasteiger partial charge < -0.3 is 4.90 Å². The van der Waals surface area contributed by atoms with Crippen molar-refractivity contribution in [1.29, 1.82) is 0 Å². The van der Waals surface area contributed by atoms with Crippen LogP contribution in [0.4, 0.5) is 5.69 Å². The molecule has 3 aromatic rings. The average Bonchev–Trinajstić information content (AvgIpc) is 2.63. The first-order valence-corrected chi connectivity index (χ1v) is 8.66. The first kappa shape index (κ1) is 15.2. The van der Waals surface area contributed by atoms with Gasteiger partial charge in [0.15, 0.2) is 0 Å². The summed E-state index contributed by atoms with van der Waals surface area (Å²) in [4.78, 5) is 9.78. The minimum atomic E-state index is 0.937. The molecular weight excluding hydrogens is 294 g/mol. The molecule has 0 unspecified atom stereocenters. The number of benzene rings is 2. The number of aromatic nitrogens is 1. The second-order valence-corrected chi connectivity index (χ2v) is 6.59. The lowest BCUT2D eigenvalue weighted by molar-refractivity contribution is 0.247. The Morgan fingerprint density at radius 2 is 1.58 bits per heavy atom. The zero-order valence-electron chi connectivity index (χ0n) is 14.2. The molecule has 4 rings (SSSR count). The van der Waals surface area contributed by atoms with E-state index in [1.54, 1.807) is 0 Å². The van der Waals surface area contributed by atoms with E-state index in [-0.39, 0.29) is 0 Å². The van der Waals surface area contributed by atoms with Crippen molar-refractivity contribution in [3.05, 3.63) is 71.9 Å². The molecule has 1 aromatic heterocycles. The first-order valence-electron chi connectivity index (χ1n) is 8.66. The topological polar surface area (TPSA) is 19.4 Å². The highest BCUT2D eigenvalue weighted by molar-refractivity contribution is 5.78. The molecule has 0 amide bonds. The minimum Gasteiger partial charge on any atom is -0.369 e. The van der Waals surface area contributed by atoms with E-state index in [1.807, 2.05) is 0 Å². The lowest BCUT2D eigenvalue weighted by Crippen LogP contribution is -2.46. The molecule has 0 bridgehead atoms. The third-order valence-corrected chi connectivity index (χ3v) is 4.81. The van der Waals surface area contributed by atoms with E-state index < -0.39 is 0 Å². The summed E-state index contributed by atoms with van der Waals surface area (Å²) < 4.78 is 0. The zero-order valence-corrected chi connectivity index (χ0v) is 14.2. The SMILES string of the molecule is Cc1ccc(N2CCN(Cc3ccc4ccccc4n3)CC2)cc1. The van der Waals surface area contributed by atoms with Crippen molar-refractivity contribution in [2.45, 2.75) is 13.5 Å². The van der Waals surface area contributed by atoms with Crippen LogP contribution in [-0.4, -0.2) is 36.1 Å². The molecule has 122 valence electrons. The summed E-state index contributed by atoms with van der Waals surface area (Å²) in [6.45, 7) is 7.41. The van der Waals surface area contributed by atoms with E-state index in [1.165, 1.54) is 16.6 Å². The van der Waals surface area contributed by atoms with Gasteiger partial charge in [0.05, 0.1) is 11.2 Å². The number of rotatable bonds is 3. The van der Waals surface area contributed by atoms with Gasteiger partial charge in [0.1, 0.15) is 0 Å². The smallest absolute Gasteiger partial charge is 0.0705 e. The fraction of sp³-hybridized carbons (Fsp3) is 0.286. The van der Waals surface area contributed by atoms with E-state index in [9.17, 15) is 0 Å². The summed E-state index contributed by atoms with van der Waals surface area (Å²) in [5.74, 6) is 0. The van der Waals surface area contributed by atoms with E-state index in [0.29, 0.717) is 0 Å². The van der Waals surface area contributed by atoms with E-state index in [2.05, 4.69) is 77.4 Å². The van der Waals surface area contributed by atoms with Crippen LogP contribution in [0.15, 0.2) is 60.7 Å². The van der Waals surface area contributed by atoms with Crippen LogP contribution in [-0.2, 0) is 6.54 Å². The highest BCUT2D eigenvalue weighted by Crippen LogP contribution is 2.18. The van der Waals surface area contributed by atoms with E-state index >= 15 is 0 Å². The monoisotopic (exact) mass is 317 g/mol. The highest BCUT2D eigenvalue weighted by atomic mass is 15.3. The number of nitrogens with zero attached hydrogens (tertiary/aromatic N) is 3. The van der Waals surface area contributed by atoms with Crippen molar-refractivity contribution < 1.29 is 0 Å². The van der Waals surface area contributed by atoms with Crippen molar-refractivity contribution in [2.24, 2.45) is 0 Å². The maximum atomic E-state index is 4.80. The number of para-hydroxylation sites is 1. The number of pyridine rings is 1. The Kier molecular flexibility index (Phi) is 4.18. The van der Waals surface area contributed by atoms with Crippen molar-refractivity contribution in [3.63, 3.8) is 0 Å². The molecule has 0 aliphatic carbocycles. The average molecular weight is 317 g/mol. The molecule has 1 aliphatic heterocycles. The summed E-state index contributed by atoms with van der Waals surface area (Å²) in [6, 6.07) is 21.5. The van der Waals surface area contributed by atoms with Crippen LogP contribution in [0.25, 0.3) is 10.9 Å². The van der Waals surface area contributed by atoms with Crippen LogP contribution < -0.4 is 4.90 Å². The van der Waals surface area contributed by atoms with Gasteiger partial charge in [0.25, 0.3) is 0 Å². The molecule has 2 heterocycles. The predicted octanol–water partition coefficient (Wildman–Crippen LogP) is 3.87. The van der Waals surface area contributed by atoms with Gasteiger partial charge in [-0.1, -0.05) is 42.0 Å². The second kappa shape index (κ2) is 6.62. The van der Waals surface area contributed by atoms with Gasteiger partial charge in [0.2, 0.25) is 0 Å².